The van der Waals surface area contributed by atoms with Gasteiger partial charge in [-0.15, -0.1) is 0 Å². The maximum Gasteiger partial charge on any atom is 0.340 e. The number of likely N-dealkylation sites (tertiary alicyclic amines) is 1. The number of hydrogen-bond donors (Lipinski definition) is 2. The van der Waals surface area contributed by atoms with Crippen molar-refractivity contribution in [3.63, 3.8) is 0 Å². The summed E-state index contributed by atoms with van der Waals surface area (Å²) in [6.45, 7) is 4.95. The topological polar surface area (TPSA) is 144 Å². The van der Waals surface area contributed by atoms with Gasteiger partial charge < -0.3 is 33.9 Å². The molecular weight excluding hydrogens is 632 g/mol. The first-order valence-electron chi connectivity index (χ1n) is 17.9. The summed E-state index contributed by atoms with van der Waals surface area (Å²) in [5, 5.41) is 26.6. The van der Waals surface area contributed by atoms with Gasteiger partial charge >= 0.3 is 5.97 Å². The number of methoxy groups -OCH3 is 4. The highest BCUT2D eigenvalue weighted by molar-refractivity contribution is 6.22. The van der Waals surface area contributed by atoms with Crippen molar-refractivity contribution in [3.05, 3.63) is 29.8 Å². The number of imide groups is 1. The first-order valence-corrected chi connectivity index (χ1v) is 17.9. The second kappa shape index (κ2) is 11.3. The molecule has 2 aliphatic heterocycles. The summed E-state index contributed by atoms with van der Waals surface area (Å²) < 4.78 is 31.4. The molecule has 12 heteroatoms. The number of carbonyl (C=O) groups excluding carboxylic acids is 3. The fourth-order valence-corrected chi connectivity index (χ4v) is 13.2. The Morgan fingerprint density at radius 1 is 1.04 bits per heavy atom. The molecule has 49 heavy (non-hydrogen) atoms. The lowest BCUT2D eigenvalue weighted by atomic mass is 9.42. The van der Waals surface area contributed by atoms with Gasteiger partial charge in [0.25, 0.3) is 0 Å². The lowest BCUT2D eigenvalue weighted by molar-refractivity contribution is -0.320. The van der Waals surface area contributed by atoms with E-state index >= 15 is 0 Å². The molecule has 12 nitrogen and oxygen atoms in total. The van der Waals surface area contributed by atoms with Gasteiger partial charge in [-0.1, -0.05) is 26.0 Å². The fraction of sp³-hybridized carbons (Fsp3) is 0.757. The summed E-state index contributed by atoms with van der Waals surface area (Å²) in [6, 6.07) is 6.12. The second-order valence-electron chi connectivity index (χ2n) is 16.0. The van der Waals surface area contributed by atoms with Crippen molar-refractivity contribution in [2.45, 2.75) is 87.6 Å². The first kappa shape index (κ1) is 33.7. The summed E-state index contributed by atoms with van der Waals surface area (Å²) in [6.07, 6.45) is 0.813. The van der Waals surface area contributed by atoms with Crippen LogP contribution >= 0.6 is 0 Å². The zero-order valence-corrected chi connectivity index (χ0v) is 29.3. The Balaban J connectivity index is 1.23. The smallest absolute Gasteiger partial charge is 0.340 e. The van der Waals surface area contributed by atoms with E-state index in [9.17, 15) is 24.6 Å². The van der Waals surface area contributed by atoms with Crippen LogP contribution in [0, 0.1) is 40.4 Å². The highest BCUT2D eigenvalue weighted by atomic mass is 16.5. The number of piperidine rings is 1. The lowest BCUT2D eigenvalue weighted by Crippen LogP contribution is -2.82. The minimum atomic E-state index is -1.70. The summed E-state index contributed by atoms with van der Waals surface area (Å²) in [5.41, 5.74) is -4.17. The number of aliphatic hydroxyl groups is 2. The normalized spacial score (nSPS) is 48.0. The van der Waals surface area contributed by atoms with Crippen molar-refractivity contribution in [1.82, 2.24) is 4.90 Å². The third kappa shape index (κ3) is 3.86. The van der Waals surface area contributed by atoms with Gasteiger partial charge in [0.05, 0.1) is 48.3 Å². The van der Waals surface area contributed by atoms with Crippen molar-refractivity contribution >= 4 is 23.5 Å². The molecule has 0 unspecified atom stereocenters. The molecule has 14 atom stereocenters. The van der Waals surface area contributed by atoms with Gasteiger partial charge in [0, 0.05) is 82.3 Å². The first-order chi connectivity index (χ1) is 23.4. The van der Waals surface area contributed by atoms with Gasteiger partial charge in [-0.05, 0) is 43.9 Å². The zero-order chi connectivity index (χ0) is 34.8. The number of esters is 1. The number of nitrogens with zero attached hydrogens (tertiary/aromatic N) is 2. The molecule has 8 rings (SSSR count). The number of carbonyl (C=O) groups is 3. The number of anilines is 1. The molecule has 0 aromatic heterocycles. The van der Waals surface area contributed by atoms with E-state index in [0.29, 0.717) is 25.9 Å². The average Bonchev–Trinajstić information content (AvgIpc) is 3.63. The SMILES string of the molecule is CCN1C[C@@]2(COC(=O)c3ccccc3N3C(=O)C[C@@H](C)C3=O)CC[C@H](OC)[C@@]34[C@@H]5C[C@H]6[C@H](OC)[C@@H]5[C@](O)(C[C@@H]6OC)[C@](O)([C@@H](OC)[C@@H]23)[C@@H]14. The monoisotopic (exact) mass is 682 g/mol. The van der Waals surface area contributed by atoms with E-state index in [0.717, 1.165) is 11.3 Å². The third-order valence-electron chi connectivity index (χ3n) is 14.5. The van der Waals surface area contributed by atoms with Crippen molar-refractivity contribution in [1.29, 1.82) is 0 Å². The van der Waals surface area contributed by atoms with Crippen LogP contribution in [0.3, 0.4) is 0 Å². The predicted octanol–water partition coefficient (Wildman–Crippen LogP) is 2.04. The quantitative estimate of drug-likeness (QED) is 0.292. The second-order valence-corrected chi connectivity index (χ2v) is 16.0. The van der Waals surface area contributed by atoms with E-state index < -0.39 is 46.1 Å². The van der Waals surface area contributed by atoms with Gasteiger partial charge in [0.1, 0.15) is 11.2 Å². The van der Waals surface area contributed by atoms with E-state index in [2.05, 4.69) is 11.8 Å². The molecule has 5 saturated carbocycles. The molecule has 7 bridgehead atoms. The number of amides is 2. The van der Waals surface area contributed by atoms with E-state index in [-0.39, 0.29) is 84.5 Å². The van der Waals surface area contributed by atoms with Crippen LogP contribution in [-0.4, -0.2) is 123 Å². The van der Waals surface area contributed by atoms with Gasteiger partial charge in [-0.25, -0.2) is 9.69 Å². The fourth-order valence-electron chi connectivity index (χ4n) is 13.2. The standard InChI is InChI=1S/C37H50N2O10/c1-7-38-17-34(18-49-32(42)20-10-8-9-11-23(20)39-26(40)14-19(2)31(39)41)13-12-25(46-4)36-22-15-21-24(45-3)16-35(43,27(22)28(21)47-5)37(44,33(36)38)30(48-6)29(34)36/h8-11,19,21-22,24-25,27-30,33,43-44H,7,12-18H2,1-6H3/t19-,21-,22-,24+,25+,27-,28+,29+,30+,33+,34-,35-,36+,37+/m1/s1. The summed E-state index contributed by atoms with van der Waals surface area (Å²) in [5.74, 6) is -2.47. The van der Waals surface area contributed by atoms with Crippen LogP contribution in [0.25, 0.3) is 0 Å². The molecular formula is C37H50N2O10. The molecule has 7 aliphatic rings. The molecule has 1 spiro atoms. The number of ether oxygens (including phenoxy) is 5. The van der Waals surface area contributed by atoms with Gasteiger partial charge in [0.2, 0.25) is 11.8 Å². The Kier molecular flexibility index (Phi) is 7.75. The Morgan fingerprint density at radius 2 is 1.80 bits per heavy atom. The minimum Gasteiger partial charge on any atom is -0.461 e. The maximum absolute atomic E-state index is 14.1. The highest BCUT2D eigenvalue weighted by Crippen LogP contribution is 2.80. The Morgan fingerprint density at radius 3 is 2.43 bits per heavy atom. The average molecular weight is 683 g/mol. The number of hydrogen-bond acceptors (Lipinski definition) is 11. The number of fused-ring (bicyclic) bond motifs is 2. The third-order valence-corrected chi connectivity index (χ3v) is 14.5. The van der Waals surface area contributed by atoms with Crippen molar-refractivity contribution < 1.29 is 48.3 Å². The molecule has 2 saturated heterocycles. The van der Waals surface area contributed by atoms with Crippen LogP contribution < -0.4 is 4.90 Å². The predicted molar refractivity (Wildman–Crippen MR) is 174 cm³/mol. The highest BCUT2D eigenvalue weighted by Gasteiger charge is 2.91. The lowest BCUT2D eigenvalue weighted by Gasteiger charge is -2.70. The van der Waals surface area contributed by atoms with E-state index in [1.165, 1.54) is 0 Å². The molecule has 1 aromatic rings. The summed E-state index contributed by atoms with van der Waals surface area (Å²) >= 11 is 0. The van der Waals surface area contributed by atoms with Crippen LogP contribution in [0.2, 0.25) is 0 Å². The van der Waals surface area contributed by atoms with Gasteiger partial charge in [-0.2, -0.15) is 0 Å². The van der Waals surface area contributed by atoms with Crippen molar-refractivity contribution in [2.75, 3.05) is 53.0 Å². The zero-order valence-electron chi connectivity index (χ0n) is 29.3. The Hall–Kier alpha value is -2.45. The van der Waals surface area contributed by atoms with E-state index in [4.69, 9.17) is 23.7 Å². The molecule has 7 fully saturated rings. The van der Waals surface area contributed by atoms with Crippen LogP contribution in [0.5, 0.6) is 0 Å². The number of rotatable bonds is 9. The van der Waals surface area contributed by atoms with Crippen LogP contribution in [-0.2, 0) is 33.3 Å². The van der Waals surface area contributed by atoms with Crippen molar-refractivity contribution in [3.8, 4) is 0 Å². The van der Waals surface area contributed by atoms with Crippen LogP contribution in [0.4, 0.5) is 5.69 Å². The van der Waals surface area contributed by atoms with Gasteiger partial charge in [-0.3, -0.25) is 14.5 Å². The Labute approximate surface area is 287 Å². The van der Waals surface area contributed by atoms with E-state index in [1.807, 2.05) is 0 Å². The Bertz CT molecular complexity index is 1560. The van der Waals surface area contributed by atoms with Gasteiger partial charge in [0.15, 0.2) is 0 Å². The number of para-hydroxylation sites is 1. The molecule has 0 radical (unpaired) electrons. The number of likely N-dealkylation sites (N-methyl/N-ethyl adjacent to an activating group) is 1. The van der Waals surface area contributed by atoms with Crippen LogP contribution in [0.15, 0.2) is 24.3 Å². The molecule has 2 amide bonds. The summed E-state index contributed by atoms with van der Waals surface area (Å²) in [4.78, 5) is 43.3. The minimum absolute atomic E-state index is 0.0358. The molecule has 5 aliphatic carbocycles. The largest absolute Gasteiger partial charge is 0.461 e. The molecule has 1 aromatic carbocycles. The number of benzene rings is 1. The van der Waals surface area contributed by atoms with E-state index in [1.54, 1.807) is 59.6 Å². The molecule has 268 valence electrons. The molecule has 2 heterocycles. The van der Waals surface area contributed by atoms with Crippen molar-refractivity contribution in [2.24, 2.45) is 40.4 Å². The summed E-state index contributed by atoms with van der Waals surface area (Å²) in [7, 11) is 6.70. The molecule has 2 N–H and O–H groups in total. The van der Waals surface area contributed by atoms with Crippen LogP contribution in [0.1, 0.15) is 56.3 Å². The maximum atomic E-state index is 14.1.